The van der Waals surface area contributed by atoms with Crippen LogP contribution >= 0.6 is 0 Å². The first-order chi connectivity index (χ1) is 15.5. The molecule has 160 valence electrons. The first-order valence-corrected chi connectivity index (χ1v) is 10.3. The van der Waals surface area contributed by atoms with E-state index in [0.717, 1.165) is 27.9 Å². The highest BCUT2D eigenvalue weighted by Gasteiger charge is 2.14. The van der Waals surface area contributed by atoms with Gasteiger partial charge in [0.25, 0.3) is 0 Å². The number of ether oxygens (including phenoxy) is 1. The van der Waals surface area contributed by atoms with Crippen molar-refractivity contribution in [3.8, 4) is 28.7 Å². The van der Waals surface area contributed by atoms with E-state index in [1.165, 1.54) is 11.9 Å². The number of carboxylic acids is 1. The van der Waals surface area contributed by atoms with Crippen LogP contribution in [-0.2, 0) is 11.4 Å². The van der Waals surface area contributed by atoms with Gasteiger partial charge in [0.05, 0.1) is 12.3 Å². The van der Waals surface area contributed by atoms with E-state index in [-0.39, 0.29) is 12.3 Å². The van der Waals surface area contributed by atoms with Crippen molar-refractivity contribution in [2.24, 2.45) is 0 Å². The number of aliphatic carboxylic acids is 1. The molecule has 0 unspecified atom stereocenters. The summed E-state index contributed by atoms with van der Waals surface area (Å²) in [5.41, 5.74) is 5.89. The summed E-state index contributed by atoms with van der Waals surface area (Å²) < 4.78 is 7.80. The summed E-state index contributed by atoms with van der Waals surface area (Å²) in [6.07, 6.45) is 3.48. The Kier molecular flexibility index (Phi) is 6.18. The zero-order valence-electron chi connectivity index (χ0n) is 17.9. The molecule has 0 amide bonds. The number of aryl methyl sites for hydroxylation is 1. The van der Waals surface area contributed by atoms with Gasteiger partial charge in [-0.05, 0) is 48.7 Å². The fourth-order valence-electron chi connectivity index (χ4n) is 3.70. The summed E-state index contributed by atoms with van der Waals surface area (Å²) >= 11 is 0. The number of nitrogens with zero attached hydrogens (tertiary/aromatic N) is 3. The molecule has 0 radical (unpaired) electrons. The van der Waals surface area contributed by atoms with Gasteiger partial charge < -0.3 is 9.84 Å². The highest BCUT2D eigenvalue weighted by atomic mass is 16.5. The Morgan fingerprint density at radius 3 is 2.69 bits per heavy atom. The third-order valence-corrected chi connectivity index (χ3v) is 5.28. The van der Waals surface area contributed by atoms with Crippen LogP contribution in [0.15, 0.2) is 67.1 Å². The molecule has 2 aromatic heterocycles. The molecule has 1 N–H and O–H groups in total. The van der Waals surface area contributed by atoms with E-state index >= 15 is 0 Å². The zero-order chi connectivity index (χ0) is 22.5. The van der Waals surface area contributed by atoms with Gasteiger partial charge in [0.1, 0.15) is 18.7 Å². The van der Waals surface area contributed by atoms with Crippen LogP contribution in [-0.4, -0.2) is 25.7 Å². The van der Waals surface area contributed by atoms with Crippen molar-refractivity contribution in [1.82, 2.24) is 14.6 Å². The van der Waals surface area contributed by atoms with Gasteiger partial charge in [-0.3, -0.25) is 4.79 Å². The zero-order valence-corrected chi connectivity index (χ0v) is 17.9. The van der Waals surface area contributed by atoms with Crippen molar-refractivity contribution in [3.63, 3.8) is 0 Å². The van der Waals surface area contributed by atoms with Crippen molar-refractivity contribution in [2.75, 3.05) is 0 Å². The van der Waals surface area contributed by atoms with Crippen molar-refractivity contribution in [2.45, 2.75) is 32.8 Å². The predicted molar refractivity (Wildman–Crippen MR) is 122 cm³/mol. The maximum atomic E-state index is 11.1. The van der Waals surface area contributed by atoms with Gasteiger partial charge in [-0.2, -0.15) is 5.10 Å². The highest BCUT2D eigenvalue weighted by Crippen LogP contribution is 2.27. The largest absolute Gasteiger partial charge is 0.489 e. The van der Waals surface area contributed by atoms with E-state index in [1.807, 2.05) is 42.6 Å². The average molecular weight is 425 g/mol. The lowest BCUT2D eigenvalue weighted by Gasteiger charge is -2.12. The van der Waals surface area contributed by atoms with Gasteiger partial charge in [0.15, 0.2) is 5.65 Å². The quantitative estimate of drug-likeness (QED) is 0.428. The Hall–Kier alpha value is -4.11. The van der Waals surface area contributed by atoms with E-state index in [1.54, 1.807) is 11.4 Å². The lowest BCUT2D eigenvalue weighted by molar-refractivity contribution is -0.137. The molecule has 0 fully saturated rings. The van der Waals surface area contributed by atoms with Gasteiger partial charge in [-0.15, -0.1) is 5.92 Å². The van der Waals surface area contributed by atoms with E-state index in [9.17, 15) is 4.79 Å². The van der Waals surface area contributed by atoms with E-state index in [4.69, 9.17) is 9.84 Å². The number of rotatable bonds is 7. The number of aromatic nitrogens is 3. The normalized spacial score (nSPS) is 11.6. The molecule has 4 rings (SSSR count). The summed E-state index contributed by atoms with van der Waals surface area (Å²) in [5.74, 6) is 5.25. The van der Waals surface area contributed by atoms with E-state index in [2.05, 4.69) is 47.0 Å². The molecular weight excluding hydrogens is 402 g/mol. The molecular formula is C26H23N3O3. The third kappa shape index (κ3) is 4.62. The van der Waals surface area contributed by atoms with Crippen molar-refractivity contribution in [1.29, 1.82) is 0 Å². The van der Waals surface area contributed by atoms with Crippen LogP contribution in [0.1, 0.15) is 36.0 Å². The Morgan fingerprint density at radius 1 is 1.19 bits per heavy atom. The Bertz CT molecular complexity index is 1310. The number of benzene rings is 2. The fourth-order valence-corrected chi connectivity index (χ4v) is 3.70. The van der Waals surface area contributed by atoms with Gasteiger partial charge in [0.2, 0.25) is 0 Å². The summed E-state index contributed by atoms with van der Waals surface area (Å²) in [7, 11) is 0. The number of carbonyl (C=O) groups is 1. The average Bonchev–Trinajstić information content (AvgIpc) is 3.26. The van der Waals surface area contributed by atoms with Crippen LogP contribution in [0, 0.1) is 18.8 Å². The molecule has 6 heteroatoms. The molecule has 0 spiro atoms. The molecule has 2 heterocycles. The molecule has 4 aromatic rings. The summed E-state index contributed by atoms with van der Waals surface area (Å²) in [5, 5.41) is 13.4. The van der Waals surface area contributed by atoms with Crippen LogP contribution in [0.5, 0.6) is 5.75 Å². The van der Waals surface area contributed by atoms with Crippen LogP contribution in [0.2, 0.25) is 0 Å². The fraction of sp³-hybridized carbons (Fsp3) is 0.192. The standard InChI is InChI=1S/C26H23N3O3/c1-3-6-20(14-25(30)31)19-9-11-23(12-10-19)32-16-22-13-21(15-29-26(22)27-17-28-29)24-8-5-4-7-18(24)2/h4-5,7-13,15,17,20H,14,16H2,1-2H3,(H,30,31)/t20-/m0/s1. The second kappa shape index (κ2) is 9.36. The first kappa shape index (κ1) is 21.1. The minimum absolute atomic E-state index is 0.0302. The summed E-state index contributed by atoms with van der Waals surface area (Å²) in [6.45, 7) is 4.12. The Morgan fingerprint density at radius 2 is 1.97 bits per heavy atom. The smallest absolute Gasteiger partial charge is 0.304 e. The lowest BCUT2D eigenvalue weighted by atomic mass is 9.96. The predicted octanol–water partition coefficient (Wildman–Crippen LogP) is 4.87. The molecule has 0 aliphatic carbocycles. The molecule has 0 aliphatic rings. The molecule has 1 atom stereocenters. The second-order valence-corrected chi connectivity index (χ2v) is 7.50. The third-order valence-electron chi connectivity index (χ3n) is 5.28. The van der Waals surface area contributed by atoms with Gasteiger partial charge in [0, 0.05) is 17.3 Å². The van der Waals surface area contributed by atoms with Crippen LogP contribution < -0.4 is 4.74 Å². The van der Waals surface area contributed by atoms with Crippen LogP contribution in [0.25, 0.3) is 16.8 Å². The second-order valence-electron chi connectivity index (χ2n) is 7.50. The molecule has 0 bridgehead atoms. The minimum atomic E-state index is -0.871. The van der Waals surface area contributed by atoms with Crippen molar-refractivity contribution in [3.05, 3.63) is 83.8 Å². The topological polar surface area (TPSA) is 76.7 Å². The molecule has 6 nitrogen and oxygen atoms in total. The number of fused-ring (bicyclic) bond motifs is 1. The maximum absolute atomic E-state index is 11.1. The van der Waals surface area contributed by atoms with Gasteiger partial charge >= 0.3 is 5.97 Å². The number of carboxylic acid groups (broad SMARTS) is 1. The summed E-state index contributed by atoms with van der Waals surface area (Å²) in [4.78, 5) is 15.5. The van der Waals surface area contributed by atoms with E-state index in [0.29, 0.717) is 12.4 Å². The lowest BCUT2D eigenvalue weighted by Crippen LogP contribution is -2.05. The molecule has 0 saturated heterocycles. The monoisotopic (exact) mass is 425 g/mol. The molecule has 0 saturated carbocycles. The first-order valence-electron chi connectivity index (χ1n) is 10.3. The van der Waals surface area contributed by atoms with Crippen molar-refractivity contribution < 1.29 is 14.6 Å². The van der Waals surface area contributed by atoms with Crippen LogP contribution in [0.3, 0.4) is 0 Å². The molecule has 32 heavy (non-hydrogen) atoms. The molecule has 2 aromatic carbocycles. The maximum Gasteiger partial charge on any atom is 0.304 e. The Labute approximate surface area is 186 Å². The van der Waals surface area contributed by atoms with Gasteiger partial charge in [-0.25, -0.2) is 9.50 Å². The van der Waals surface area contributed by atoms with E-state index < -0.39 is 5.97 Å². The molecule has 0 aliphatic heterocycles. The van der Waals surface area contributed by atoms with Gasteiger partial charge in [-0.1, -0.05) is 42.3 Å². The Balaban J connectivity index is 1.56. The minimum Gasteiger partial charge on any atom is -0.489 e. The number of pyridine rings is 1. The van der Waals surface area contributed by atoms with Crippen LogP contribution in [0.4, 0.5) is 0 Å². The highest BCUT2D eigenvalue weighted by molar-refractivity contribution is 5.70. The van der Waals surface area contributed by atoms with Crippen molar-refractivity contribution >= 4 is 11.6 Å². The summed E-state index contributed by atoms with van der Waals surface area (Å²) in [6, 6.07) is 17.7. The SMILES string of the molecule is CC#C[C@@H](CC(=O)O)c1ccc(OCc2cc(-c3ccccc3C)cn3ncnc23)cc1. The number of hydrogen-bond acceptors (Lipinski definition) is 4. The number of hydrogen-bond donors (Lipinski definition) is 1.